The van der Waals surface area contributed by atoms with Crippen LogP contribution in [-0.4, -0.2) is 22.5 Å². The van der Waals surface area contributed by atoms with E-state index in [1.54, 1.807) is 6.07 Å². The normalized spacial score (nSPS) is 18.5. The molecule has 1 aromatic carbocycles. The van der Waals surface area contributed by atoms with Crippen molar-refractivity contribution >= 4 is 28.9 Å². The van der Waals surface area contributed by atoms with Crippen LogP contribution < -0.4 is 0 Å². The van der Waals surface area contributed by atoms with Gasteiger partial charge in [0.2, 0.25) is 0 Å². The van der Waals surface area contributed by atoms with Crippen molar-refractivity contribution in [2.24, 2.45) is 0 Å². The van der Waals surface area contributed by atoms with Gasteiger partial charge >= 0.3 is 5.97 Å². The van der Waals surface area contributed by atoms with Crippen LogP contribution in [0.3, 0.4) is 0 Å². The first-order chi connectivity index (χ1) is 10.1. The van der Waals surface area contributed by atoms with E-state index >= 15 is 0 Å². The second kappa shape index (κ2) is 5.79. The molecule has 1 atom stereocenters. The lowest BCUT2D eigenvalue weighted by Crippen LogP contribution is -2.32. The first kappa shape index (κ1) is 14.6. The summed E-state index contributed by atoms with van der Waals surface area (Å²) in [4.78, 5) is 14.8. The number of carboxylic acid groups (broad SMARTS) is 1. The van der Waals surface area contributed by atoms with Gasteiger partial charge in [-0.25, -0.2) is 4.79 Å². The fourth-order valence-corrected chi connectivity index (χ4v) is 4.01. The van der Waals surface area contributed by atoms with Crippen molar-refractivity contribution in [2.45, 2.75) is 25.9 Å². The van der Waals surface area contributed by atoms with Crippen molar-refractivity contribution in [3.63, 3.8) is 0 Å². The minimum Gasteiger partial charge on any atom is -0.478 e. The summed E-state index contributed by atoms with van der Waals surface area (Å²) in [5.41, 5.74) is 2.62. The van der Waals surface area contributed by atoms with Gasteiger partial charge in [-0.3, -0.25) is 4.90 Å². The summed E-state index contributed by atoms with van der Waals surface area (Å²) in [5, 5.41) is 11.7. The topological polar surface area (TPSA) is 40.5 Å². The molecular formula is C16H16ClNO2S. The van der Waals surface area contributed by atoms with E-state index in [0.717, 1.165) is 25.1 Å². The van der Waals surface area contributed by atoms with Gasteiger partial charge in [0.25, 0.3) is 0 Å². The highest BCUT2D eigenvalue weighted by molar-refractivity contribution is 7.10. The van der Waals surface area contributed by atoms with Crippen molar-refractivity contribution in [3.8, 4) is 0 Å². The van der Waals surface area contributed by atoms with Gasteiger partial charge in [0.1, 0.15) is 0 Å². The highest BCUT2D eigenvalue weighted by Gasteiger charge is 2.25. The van der Waals surface area contributed by atoms with Gasteiger partial charge in [0.15, 0.2) is 0 Å². The summed E-state index contributed by atoms with van der Waals surface area (Å²) in [7, 11) is 0. The Kier molecular flexibility index (Phi) is 4.02. The molecule has 0 spiro atoms. The van der Waals surface area contributed by atoms with Crippen LogP contribution in [0.5, 0.6) is 0 Å². The van der Waals surface area contributed by atoms with E-state index < -0.39 is 5.97 Å². The van der Waals surface area contributed by atoms with Crippen molar-refractivity contribution < 1.29 is 9.90 Å². The van der Waals surface area contributed by atoms with Gasteiger partial charge in [-0.2, -0.15) is 0 Å². The molecular weight excluding hydrogens is 306 g/mol. The number of thiophene rings is 1. The van der Waals surface area contributed by atoms with E-state index in [1.807, 2.05) is 17.4 Å². The fraction of sp³-hybridized carbons (Fsp3) is 0.312. The number of benzene rings is 1. The van der Waals surface area contributed by atoms with Crippen molar-refractivity contribution in [3.05, 3.63) is 56.2 Å². The molecule has 1 aliphatic rings. The second-order valence-electron chi connectivity index (χ2n) is 5.31. The van der Waals surface area contributed by atoms with Crippen LogP contribution >= 0.6 is 22.9 Å². The van der Waals surface area contributed by atoms with Gasteiger partial charge in [-0.05, 0) is 48.1 Å². The second-order valence-corrected chi connectivity index (χ2v) is 6.71. The number of hydrogen-bond acceptors (Lipinski definition) is 3. The number of nitrogens with zero attached hydrogens (tertiary/aromatic N) is 1. The standard InChI is InChI=1S/C16H16ClNO2S/c1-10-13-5-7-21-15(13)4-6-18(10)9-12-3-2-11(16(19)20)8-14(12)17/h2-3,5,7-8,10H,4,6,9H2,1H3,(H,19,20). The molecule has 0 saturated carbocycles. The molecule has 1 N–H and O–H groups in total. The molecule has 21 heavy (non-hydrogen) atoms. The highest BCUT2D eigenvalue weighted by Crippen LogP contribution is 2.34. The minimum absolute atomic E-state index is 0.232. The van der Waals surface area contributed by atoms with E-state index in [1.165, 1.54) is 16.5 Å². The molecule has 0 radical (unpaired) electrons. The monoisotopic (exact) mass is 321 g/mol. The Hall–Kier alpha value is -1.36. The molecule has 110 valence electrons. The summed E-state index contributed by atoms with van der Waals surface area (Å²) < 4.78 is 0. The Morgan fingerprint density at radius 1 is 1.48 bits per heavy atom. The number of fused-ring (bicyclic) bond motifs is 1. The quantitative estimate of drug-likeness (QED) is 0.920. The Morgan fingerprint density at radius 2 is 2.29 bits per heavy atom. The van der Waals surface area contributed by atoms with Crippen LogP contribution in [-0.2, 0) is 13.0 Å². The van der Waals surface area contributed by atoms with Crippen LogP contribution in [0.2, 0.25) is 5.02 Å². The first-order valence-corrected chi connectivity index (χ1v) is 8.14. The molecule has 3 nitrogen and oxygen atoms in total. The predicted octanol–water partition coefficient (Wildman–Crippen LogP) is 4.22. The molecule has 1 aromatic heterocycles. The van der Waals surface area contributed by atoms with Crippen LogP contribution in [0.1, 0.15) is 39.3 Å². The van der Waals surface area contributed by atoms with Crippen molar-refractivity contribution in [1.29, 1.82) is 0 Å². The zero-order chi connectivity index (χ0) is 15.0. The van der Waals surface area contributed by atoms with E-state index in [0.29, 0.717) is 11.1 Å². The summed E-state index contributed by atoms with van der Waals surface area (Å²) in [6.07, 6.45) is 1.07. The molecule has 0 amide bonds. The maximum Gasteiger partial charge on any atom is 0.335 e. The Balaban J connectivity index is 1.80. The fourth-order valence-electron chi connectivity index (χ4n) is 2.80. The zero-order valence-corrected chi connectivity index (χ0v) is 13.2. The molecule has 1 unspecified atom stereocenters. The van der Waals surface area contributed by atoms with Crippen LogP contribution in [0.25, 0.3) is 0 Å². The Morgan fingerprint density at radius 3 is 3.00 bits per heavy atom. The Labute approximate surface area is 132 Å². The SMILES string of the molecule is CC1c2ccsc2CCN1Cc1ccc(C(=O)O)cc1Cl. The molecule has 2 aromatic rings. The maximum absolute atomic E-state index is 10.9. The molecule has 0 aliphatic carbocycles. The number of carboxylic acids is 1. The average molecular weight is 322 g/mol. The zero-order valence-electron chi connectivity index (χ0n) is 11.7. The van der Waals surface area contributed by atoms with E-state index in [4.69, 9.17) is 16.7 Å². The molecule has 1 aliphatic heterocycles. The van der Waals surface area contributed by atoms with Crippen LogP contribution in [0.15, 0.2) is 29.6 Å². The number of rotatable bonds is 3. The van der Waals surface area contributed by atoms with E-state index in [9.17, 15) is 4.79 Å². The lowest BCUT2D eigenvalue weighted by Gasteiger charge is -2.33. The summed E-state index contributed by atoms with van der Waals surface area (Å²) in [5.74, 6) is -0.947. The molecule has 0 saturated heterocycles. The van der Waals surface area contributed by atoms with Crippen molar-refractivity contribution in [1.82, 2.24) is 4.90 Å². The molecule has 3 rings (SSSR count). The third-order valence-corrected chi connectivity index (χ3v) is 5.43. The summed E-state index contributed by atoms with van der Waals surface area (Å²) in [6, 6.07) is 7.54. The molecule has 2 heterocycles. The lowest BCUT2D eigenvalue weighted by atomic mass is 10.0. The van der Waals surface area contributed by atoms with E-state index in [-0.39, 0.29) is 5.56 Å². The largest absolute Gasteiger partial charge is 0.478 e. The minimum atomic E-state index is -0.947. The predicted molar refractivity (Wildman–Crippen MR) is 85.3 cm³/mol. The third kappa shape index (κ3) is 2.84. The third-order valence-electron chi connectivity index (χ3n) is 4.08. The van der Waals surface area contributed by atoms with Gasteiger partial charge in [-0.1, -0.05) is 17.7 Å². The number of aromatic carboxylic acids is 1. The average Bonchev–Trinajstić information content (AvgIpc) is 2.93. The number of carbonyl (C=O) groups is 1. The Bertz CT molecular complexity index is 683. The van der Waals surface area contributed by atoms with Crippen molar-refractivity contribution in [2.75, 3.05) is 6.54 Å². The molecule has 0 bridgehead atoms. The first-order valence-electron chi connectivity index (χ1n) is 6.88. The smallest absolute Gasteiger partial charge is 0.335 e. The number of halogens is 1. The summed E-state index contributed by atoms with van der Waals surface area (Å²) in [6.45, 7) is 3.96. The van der Waals surface area contributed by atoms with Gasteiger partial charge in [0.05, 0.1) is 5.56 Å². The maximum atomic E-state index is 10.9. The van der Waals surface area contributed by atoms with Gasteiger partial charge < -0.3 is 5.11 Å². The van der Waals surface area contributed by atoms with Crippen LogP contribution in [0.4, 0.5) is 0 Å². The lowest BCUT2D eigenvalue weighted by molar-refractivity contribution is 0.0697. The highest BCUT2D eigenvalue weighted by atomic mass is 35.5. The van der Waals surface area contributed by atoms with Gasteiger partial charge in [-0.15, -0.1) is 11.3 Å². The van der Waals surface area contributed by atoms with Crippen LogP contribution in [0, 0.1) is 0 Å². The molecule has 5 heteroatoms. The molecule has 0 fully saturated rings. The number of hydrogen-bond donors (Lipinski definition) is 1. The van der Waals surface area contributed by atoms with E-state index in [2.05, 4.69) is 23.3 Å². The summed E-state index contributed by atoms with van der Waals surface area (Å²) >= 11 is 8.06. The van der Waals surface area contributed by atoms with Gasteiger partial charge in [0, 0.05) is 29.0 Å².